The molecule has 0 saturated heterocycles. The molecule has 0 atom stereocenters. The zero-order valence-electron chi connectivity index (χ0n) is 13.6. The van der Waals surface area contributed by atoms with Gasteiger partial charge in [0.1, 0.15) is 0 Å². The fourth-order valence-electron chi connectivity index (χ4n) is 2.05. The van der Waals surface area contributed by atoms with Crippen molar-refractivity contribution in [2.45, 2.75) is 84.5 Å². The van der Waals surface area contributed by atoms with E-state index in [9.17, 15) is 9.59 Å². The zero-order chi connectivity index (χ0) is 15.9. The first-order chi connectivity index (χ1) is 10.1. The molecule has 0 heterocycles. The Bertz CT molecular complexity index is 281. The van der Waals surface area contributed by atoms with Crippen LogP contribution in [-0.2, 0) is 9.63 Å². The van der Waals surface area contributed by atoms with Gasteiger partial charge in [0, 0.05) is 6.42 Å². The van der Waals surface area contributed by atoms with Gasteiger partial charge in [-0.3, -0.25) is 0 Å². The summed E-state index contributed by atoms with van der Waals surface area (Å²) in [6.07, 6.45) is 9.89. The van der Waals surface area contributed by atoms with E-state index >= 15 is 0 Å². The van der Waals surface area contributed by atoms with E-state index in [0.717, 1.165) is 30.7 Å². The molecule has 0 aliphatic carbocycles. The number of unbranched alkanes of at least 4 members (excludes halogenated alkanes) is 8. The standard InChI is InChI=1S/C16H31NO4/c1-3-5-7-8-9-10-11-12-13-15(18)21-17(16(19)20)14-6-4-2/h3-14H2,1-2H3,(H,19,20). The largest absolute Gasteiger partial charge is 0.463 e. The van der Waals surface area contributed by atoms with E-state index in [1.54, 1.807) is 0 Å². The summed E-state index contributed by atoms with van der Waals surface area (Å²) in [7, 11) is 0. The van der Waals surface area contributed by atoms with Gasteiger partial charge in [-0.25, -0.2) is 9.59 Å². The monoisotopic (exact) mass is 301 g/mol. The van der Waals surface area contributed by atoms with Crippen LogP contribution in [0.5, 0.6) is 0 Å². The predicted octanol–water partition coefficient (Wildman–Crippen LogP) is 4.76. The highest BCUT2D eigenvalue weighted by molar-refractivity contribution is 5.72. The summed E-state index contributed by atoms with van der Waals surface area (Å²) in [5.41, 5.74) is 0. The number of carboxylic acid groups (broad SMARTS) is 1. The van der Waals surface area contributed by atoms with Gasteiger partial charge in [-0.2, -0.15) is 0 Å². The van der Waals surface area contributed by atoms with Crippen LogP contribution in [0.1, 0.15) is 84.5 Å². The van der Waals surface area contributed by atoms with Crippen molar-refractivity contribution in [2.75, 3.05) is 6.54 Å². The number of nitrogens with zero attached hydrogens (tertiary/aromatic N) is 1. The summed E-state index contributed by atoms with van der Waals surface area (Å²) < 4.78 is 0. The van der Waals surface area contributed by atoms with E-state index in [1.807, 2.05) is 6.92 Å². The second-order valence-electron chi connectivity index (χ2n) is 5.43. The molecule has 124 valence electrons. The number of hydrogen-bond acceptors (Lipinski definition) is 3. The SMILES string of the molecule is CCCCCCCCCCC(=O)ON(CCCC)C(=O)O. The molecule has 5 nitrogen and oxygen atoms in total. The topological polar surface area (TPSA) is 66.8 Å². The molecule has 1 amide bonds. The van der Waals surface area contributed by atoms with Gasteiger partial charge >= 0.3 is 12.1 Å². The molecule has 0 aliphatic rings. The van der Waals surface area contributed by atoms with Crippen LogP contribution in [0.15, 0.2) is 0 Å². The van der Waals surface area contributed by atoms with Crippen molar-refractivity contribution in [1.82, 2.24) is 5.06 Å². The molecule has 0 saturated carbocycles. The van der Waals surface area contributed by atoms with Crippen molar-refractivity contribution in [2.24, 2.45) is 0 Å². The fraction of sp³-hybridized carbons (Fsp3) is 0.875. The molecule has 0 radical (unpaired) electrons. The van der Waals surface area contributed by atoms with Gasteiger partial charge in [-0.15, -0.1) is 5.06 Å². The van der Waals surface area contributed by atoms with Crippen LogP contribution in [0.25, 0.3) is 0 Å². The first-order valence-corrected chi connectivity index (χ1v) is 8.33. The van der Waals surface area contributed by atoms with Gasteiger partial charge in [-0.1, -0.05) is 65.2 Å². The Morgan fingerprint density at radius 2 is 1.38 bits per heavy atom. The zero-order valence-corrected chi connectivity index (χ0v) is 13.6. The van der Waals surface area contributed by atoms with Crippen molar-refractivity contribution >= 4 is 12.1 Å². The first kappa shape index (κ1) is 19.7. The summed E-state index contributed by atoms with van der Waals surface area (Å²) in [6.45, 7) is 4.41. The molecule has 1 N–H and O–H groups in total. The molecule has 0 unspecified atom stereocenters. The van der Waals surface area contributed by atoms with Gasteiger partial charge in [0.25, 0.3) is 0 Å². The van der Waals surface area contributed by atoms with Crippen molar-refractivity contribution in [1.29, 1.82) is 0 Å². The Balaban J connectivity index is 3.61. The Hall–Kier alpha value is -1.26. The summed E-state index contributed by atoms with van der Waals surface area (Å²) >= 11 is 0. The minimum Gasteiger partial charge on any atom is -0.463 e. The molecule has 0 aromatic carbocycles. The molecular weight excluding hydrogens is 270 g/mol. The highest BCUT2D eigenvalue weighted by Gasteiger charge is 2.16. The molecule has 0 bridgehead atoms. The Labute approximate surface area is 128 Å². The van der Waals surface area contributed by atoms with Crippen molar-refractivity contribution in [3.8, 4) is 0 Å². The van der Waals surface area contributed by atoms with Crippen LogP contribution in [0.3, 0.4) is 0 Å². The highest BCUT2D eigenvalue weighted by atomic mass is 16.7. The molecular formula is C16H31NO4. The van der Waals surface area contributed by atoms with Crippen molar-refractivity contribution in [3.63, 3.8) is 0 Å². The minimum atomic E-state index is -1.20. The van der Waals surface area contributed by atoms with E-state index < -0.39 is 12.1 Å². The third-order valence-corrected chi connectivity index (χ3v) is 3.37. The van der Waals surface area contributed by atoms with E-state index in [2.05, 4.69) is 6.92 Å². The molecule has 0 rings (SSSR count). The smallest absolute Gasteiger partial charge is 0.440 e. The highest BCUT2D eigenvalue weighted by Crippen LogP contribution is 2.10. The van der Waals surface area contributed by atoms with Gasteiger partial charge < -0.3 is 9.94 Å². The lowest BCUT2D eigenvalue weighted by molar-refractivity contribution is -0.180. The van der Waals surface area contributed by atoms with E-state index in [4.69, 9.17) is 9.94 Å². The lowest BCUT2D eigenvalue weighted by atomic mass is 10.1. The van der Waals surface area contributed by atoms with Crippen LogP contribution in [-0.4, -0.2) is 28.8 Å². The summed E-state index contributed by atoms with van der Waals surface area (Å²) in [6, 6.07) is 0. The molecule has 0 aromatic rings. The van der Waals surface area contributed by atoms with Crippen LogP contribution in [0.4, 0.5) is 4.79 Å². The maximum absolute atomic E-state index is 11.6. The van der Waals surface area contributed by atoms with Crippen LogP contribution in [0, 0.1) is 0 Å². The van der Waals surface area contributed by atoms with Gasteiger partial charge in [0.2, 0.25) is 0 Å². The van der Waals surface area contributed by atoms with E-state index in [1.165, 1.54) is 32.1 Å². The maximum atomic E-state index is 11.6. The summed E-state index contributed by atoms with van der Waals surface area (Å²) in [5, 5.41) is 9.66. The summed E-state index contributed by atoms with van der Waals surface area (Å²) in [4.78, 5) is 27.3. The minimum absolute atomic E-state index is 0.245. The number of hydroxylamine groups is 2. The number of amides is 1. The molecule has 0 aliphatic heterocycles. The Morgan fingerprint density at radius 3 is 1.90 bits per heavy atom. The number of carbonyl (C=O) groups excluding carboxylic acids is 1. The number of rotatable bonds is 12. The average molecular weight is 301 g/mol. The summed E-state index contributed by atoms with van der Waals surface area (Å²) in [5.74, 6) is -0.445. The molecule has 0 aromatic heterocycles. The quantitative estimate of drug-likeness (QED) is 0.417. The first-order valence-electron chi connectivity index (χ1n) is 8.33. The van der Waals surface area contributed by atoms with Crippen molar-refractivity contribution < 1.29 is 19.5 Å². The molecule has 5 heteroatoms. The van der Waals surface area contributed by atoms with Gasteiger partial charge in [0.15, 0.2) is 0 Å². The van der Waals surface area contributed by atoms with Crippen molar-refractivity contribution in [3.05, 3.63) is 0 Å². The Kier molecular flexibility index (Phi) is 12.9. The Morgan fingerprint density at radius 1 is 0.857 bits per heavy atom. The average Bonchev–Trinajstić information content (AvgIpc) is 2.46. The predicted molar refractivity (Wildman–Crippen MR) is 83.0 cm³/mol. The van der Waals surface area contributed by atoms with Gasteiger partial charge in [-0.05, 0) is 12.8 Å². The number of hydrogen-bond donors (Lipinski definition) is 1. The molecule has 0 fully saturated rings. The molecule has 0 spiro atoms. The maximum Gasteiger partial charge on any atom is 0.440 e. The third-order valence-electron chi connectivity index (χ3n) is 3.37. The van der Waals surface area contributed by atoms with Crippen LogP contribution in [0.2, 0.25) is 0 Å². The fourth-order valence-corrected chi connectivity index (χ4v) is 2.05. The second kappa shape index (κ2) is 13.7. The van der Waals surface area contributed by atoms with Gasteiger partial charge in [0.05, 0.1) is 6.54 Å². The normalized spacial score (nSPS) is 10.4. The van der Waals surface area contributed by atoms with Crippen LogP contribution < -0.4 is 0 Å². The van der Waals surface area contributed by atoms with E-state index in [-0.39, 0.29) is 6.54 Å². The van der Waals surface area contributed by atoms with E-state index in [0.29, 0.717) is 12.8 Å². The molecule has 21 heavy (non-hydrogen) atoms. The third kappa shape index (κ3) is 12.2. The lowest BCUT2D eigenvalue weighted by Gasteiger charge is -2.17. The second-order valence-corrected chi connectivity index (χ2v) is 5.43. The lowest BCUT2D eigenvalue weighted by Crippen LogP contribution is -2.33. The number of carbonyl (C=O) groups is 2. The van der Waals surface area contributed by atoms with Crippen LogP contribution >= 0.6 is 0 Å².